The van der Waals surface area contributed by atoms with E-state index in [1.807, 2.05) is 0 Å². The van der Waals surface area contributed by atoms with Gasteiger partial charge >= 0.3 is 29.8 Å². The average Bonchev–Trinajstić information content (AvgIpc) is 3.53. The first-order valence-corrected chi connectivity index (χ1v) is 30.1. The minimum absolute atomic E-state index is 0.0619. The van der Waals surface area contributed by atoms with E-state index in [1.165, 1.54) is 26.2 Å². The first kappa shape index (κ1) is 78.8. The predicted octanol–water partition coefficient (Wildman–Crippen LogP) is 3.86. The van der Waals surface area contributed by atoms with Gasteiger partial charge in [-0.3, -0.25) is 43.2 Å². The number of rotatable bonds is 59. The Bertz CT molecular complexity index is 1990. The molecule has 0 aromatic heterocycles. The van der Waals surface area contributed by atoms with Crippen LogP contribution in [0.1, 0.15) is 194 Å². The van der Waals surface area contributed by atoms with Crippen LogP contribution in [0.15, 0.2) is 0 Å². The minimum Gasteiger partial charge on any atom is -0.481 e. The summed E-state index contributed by atoms with van der Waals surface area (Å²) < 4.78 is 21.4. The minimum atomic E-state index is -1.44. The maximum Gasteiger partial charge on any atom is 0.328 e. The Morgan fingerprint density at radius 1 is 0.376 bits per heavy atom. The fraction of sp³-hybridized carbons (Fsp3) is 0.793. The van der Waals surface area contributed by atoms with E-state index in [0.717, 1.165) is 64.2 Å². The number of unbranched alkanes of at least 4 members (excludes halogenated alkanes) is 14. The Kier molecular flexibility index (Phi) is 47.4. The van der Waals surface area contributed by atoms with Crippen molar-refractivity contribution < 1.29 is 107 Å². The average molecular weight is 1220 g/mol. The summed E-state index contributed by atoms with van der Waals surface area (Å²) in [5.41, 5.74) is 0. The van der Waals surface area contributed by atoms with Crippen molar-refractivity contribution in [2.45, 2.75) is 218 Å². The van der Waals surface area contributed by atoms with Crippen molar-refractivity contribution in [2.24, 2.45) is 11.8 Å². The lowest BCUT2D eigenvalue weighted by molar-refractivity contribution is -0.145. The van der Waals surface area contributed by atoms with Gasteiger partial charge in [-0.2, -0.15) is 0 Å². The van der Waals surface area contributed by atoms with Crippen molar-refractivity contribution in [2.75, 3.05) is 65.9 Å². The van der Waals surface area contributed by atoms with E-state index in [1.54, 1.807) is 6.92 Å². The van der Waals surface area contributed by atoms with Gasteiger partial charge in [0.25, 0.3) is 0 Å². The van der Waals surface area contributed by atoms with Gasteiger partial charge in [0.2, 0.25) is 29.5 Å². The van der Waals surface area contributed by atoms with Gasteiger partial charge in [-0.25, -0.2) is 14.4 Å². The van der Waals surface area contributed by atoms with Gasteiger partial charge in [-0.15, -0.1) is 0 Å². The predicted molar refractivity (Wildman–Crippen MR) is 307 cm³/mol. The molecule has 27 heteroatoms. The van der Waals surface area contributed by atoms with Crippen LogP contribution in [0.25, 0.3) is 0 Å². The highest BCUT2D eigenvalue weighted by Crippen LogP contribution is 2.17. The second-order valence-electron chi connectivity index (χ2n) is 21.3. The molecule has 0 aliphatic rings. The molecule has 488 valence electrons. The highest BCUT2D eigenvalue weighted by Gasteiger charge is 2.28. The molecule has 0 radical (unpaired) electrons. The zero-order valence-electron chi connectivity index (χ0n) is 50.0. The second kappa shape index (κ2) is 51.1. The fourth-order valence-electron chi connectivity index (χ4n) is 8.59. The highest BCUT2D eigenvalue weighted by molar-refractivity contribution is 5.88. The molecule has 0 aliphatic heterocycles. The molecule has 0 unspecified atom stereocenters. The summed E-state index contributed by atoms with van der Waals surface area (Å²) in [7, 11) is 0. The normalized spacial score (nSPS) is 13.3. The second-order valence-corrected chi connectivity index (χ2v) is 21.3. The van der Waals surface area contributed by atoms with E-state index in [9.17, 15) is 78.0 Å². The molecule has 0 heterocycles. The molecule has 0 saturated heterocycles. The molecular weight excluding hydrogens is 1120 g/mol. The van der Waals surface area contributed by atoms with Gasteiger partial charge in [0.15, 0.2) is 6.04 Å². The number of carbonyl (C=O) groups is 12. The number of hydrogen-bond acceptors (Lipinski definition) is 17. The van der Waals surface area contributed by atoms with E-state index in [-0.39, 0.29) is 128 Å². The first-order chi connectivity index (χ1) is 40.5. The number of hydrogen-bond donors (Lipinski definition) is 11. The zero-order chi connectivity index (χ0) is 63.6. The number of nitrogens with one attached hydrogen (secondary N) is 5. The topological polar surface area (TPSA) is 423 Å². The summed E-state index contributed by atoms with van der Waals surface area (Å²) in [5.74, 6) is -11.3. The standard InChI is InChI=1S/C58H99N5O22/c1-41(54(73)63-53(42(2)64)58(80)81)20-17-18-30-59-50(69)39-85-37-35-83-33-31-60-51(70)40-84-36-34-82-32-19-21-44(65)25-27-46(56(76)77)62-49(68)29-24-43(55(74)75)38-45(66)26-28-47(57(78)79)61-48(67)22-15-13-11-9-7-5-3-4-6-8-10-12-14-16-23-52(71)72/h41-43,46-47,53,64H,3-40H2,1-2H3,(H,59,69)(H,60,70)(H,61,67)(H,62,68)(H,63,73)(H,71,72)(H,74,75)(H,76,77)(H,78,79)(H,80,81)/t41-,42+,43+,46-,47-,53-/m0/s1. The largest absolute Gasteiger partial charge is 0.481 e. The van der Waals surface area contributed by atoms with Crippen molar-refractivity contribution in [3.63, 3.8) is 0 Å². The third kappa shape index (κ3) is 46.8. The van der Waals surface area contributed by atoms with Crippen LogP contribution in [0.5, 0.6) is 0 Å². The molecule has 0 rings (SSSR count). The van der Waals surface area contributed by atoms with Crippen molar-refractivity contribution in [3.8, 4) is 0 Å². The van der Waals surface area contributed by atoms with E-state index in [0.29, 0.717) is 38.6 Å². The molecule has 0 spiro atoms. The van der Waals surface area contributed by atoms with Gasteiger partial charge in [-0.05, 0) is 58.3 Å². The van der Waals surface area contributed by atoms with E-state index in [4.69, 9.17) is 29.2 Å². The summed E-state index contributed by atoms with van der Waals surface area (Å²) in [4.78, 5) is 144. The van der Waals surface area contributed by atoms with Crippen molar-refractivity contribution >= 4 is 70.9 Å². The highest BCUT2D eigenvalue weighted by atomic mass is 16.5. The maximum atomic E-state index is 12.7. The molecule has 6 atom stereocenters. The number of ether oxygens (including phenoxy) is 4. The molecular formula is C58H99N5O22. The lowest BCUT2D eigenvalue weighted by Crippen LogP contribution is -2.49. The molecule has 0 fully saturated rings. The lowest BCUT2D eigenvalue weighted by Gasteiger charge is -2.19. The number of amides is 5. The van der Waals surface area contributed by atoms with Crippen LogP contribution in [0.4, 0.5) is 0 Å². The number of carboxylic acid groups (broad SMARTS) is 5. The summed E-state index contributed by atoms with van der Waals surface area (Å²) in [6.07, 6.45) is 13.1. The number of aliphatic carboxylic acids is 5. The molecule has 27 nitrogen and oxygen atoms in total. The quantitative estimate of drug-likeness (QED) is 0.0385. The lowest BCUT2D eigenvalue weighted by atomic mass is 9.94. The van der Waals surface area contributed by atoms with Crippen molar-refractivity contribution in [3.05, 3.63) is 0 Å². The van der Waals surface area contributed by atoms with Gasteiger partial charge in [-0.1, -0.05) is 90.4 Å². The monoisotopic (exact) mass is 1220 g/mol. The van der Waals surface area contributed by atoms with E-state index < -0.39 is 102 Å². The van der Waals surface area contributed by atoms with Crippen LogP contribution < -0.4 is 26.6 Å². The number of carboxylic acids is 5. The maximum absolute atomic E-state index is 12.7. The number of ketones is 2. The van der Waals surface area contributed by atoms with Gasteiger partial charge in [0, 0.05) is 70.6 Å². The SMILES string of the molecule is C[C@@H](CCCCNC(=O)COCCOCCNC(=O)COCCOCCCC(=O)CC[C@H](NC(=O)CC[C@H](CC(=O)CC[C@H](NC(=O)CCCCCCCCCCCCCCCCC(=O)O)C(=O)O)C(=O)O)C(=O)O)C(=O)N[C@H](C(=O)O)[C@@H](C)O. The van der Waals surface area contributed by atoms with Crippen LogP contribution in [0.3, 0.4) is 0 Å². The molecule has 11 N–H and O–H groups in total. The number of carbonyl (C=O) groups excluding carboxylic acids is 7. The molecule has 0 aliphatic carbocycles. The Labute approximate surface area is 498 Å². The number of aliphatic hydroxyl groups excluding tert-OH is 1. The van der Waals surface area contributed by atoms with Crippen molar-refractivity contribution in [1.82, 2.24) is 26.6 Å². The van der Waals surface area contributed by atoms with Gasteiger partial charge < -0.3 is 76.2 Å². The van der Waals surface area contributed by atoms with Crippen LogP contribution in [-0.2, 0) is 76.5 Å². The molecule has 0 aromatic rings. The summed E-state index contributed by atoms with van der Waals surface area (Å²) in [5, 5.41) is 68.7. The van der Waals surface area contributed by atoms with Gasteiger partial charge in [0.05, 0.1) is 45.1 Å². The number of aliphatic hydroxyl groups is 1. The third-order valence-corrected chi connectivity index (χ3v) is 13.7. The Hall–Kier alpha value is -6.16. The molecule has 0 bridgehead atoms. The molecule has 5 amide bonds. The zero-order valence-corrected chi connectivity index (χ0v) is 50.0. The summed E-state index contributed by atoms with van der Waals surface area (Å²) in [6.45, 7) is 3.96. The first-order valence-electron chi connectivity index (χ1n) is 30.1. The third-order valence-electron chi connectivity index (χ3n) is 13.7. The Morgan fingerprint density at radius 3 is 1.32 bits per heavy atom. The van der Waals surface area contributed by atoms with Crippen molar-refractivity contribution in [1.29, 1.82) is 0 Å². The molecule has 0 aromatic carbocycles. The van der Waals surface area contributed by atoms with E-state index in [2.05, 4.69) is 26.6 Å². The van der Waals surface area contributed by atoms with E-state index >= 15 is 0 Å². The fourth-order valence-corrected chi connectivity index (χ4v) is 8.59. The smallest absolute Gasteiger partial charge is 0.328 e. The van der Waals surface area contributed by atoms with Crippen LogP contribution >= 0.6 is 0 Å². The molecule has 0 saturated carbocycles. The van der Waals surface area contributed by atoms with Crippen LogP contribution in [0, 0.1) is 11.8 Å². The van der Waals surface area contributed by atoms with Crippen LogP contribution in [-0.4, -0.2) is 192 Å². The molecule has 85 heavy (non-hydrogen) atoms. The Morgan fingerprint density at radius 2 is 0.835 bits per heavy atom. The Balaban J connectivity index is 4.13. The van der Waals surface area contributed by atoms with Gasteiger partial charge in [0.1, 0.15) is 36.9 Å². The summed E-state index contributed by atoms with van der Waals surface area (Å²) >= 11 is 0. The number of Topliss-reactive ketones (excluding diaryl/α,β-unsaturated/α-hetero) is 2. The van der Waals surface area contributed by atoms with Crippen LogP contribution in [0.2, 0.25) is 0 Å². The summed E-state index contributed by atoms with van der Waals surface area (Å²) in [6, 6.07) is -4.18.